The van der Waals surface area contributed by atoms with Gasteiger partial charge in [-0.1, -0.05) is 30.3 Å². The Morgan fingerprint density at radius 3 is 2.96 bits per heavy atom. The number of aliphatic hydroxyl groups excluding tert-OH is 1. The highest BCUT2D eigenvalue weighted by atomic mass is 16.5. The van der Waals surface area contributed by atoms with Crippen LogP contribution >= 0.6 is 0 Å². The summed E-state index contributed by atoms with van der Waals surface area (Å²) in [4.78, 5) is 12.2. The summed E-state index contributed by atoms with van der Waals surface area (Å²) >= 11 is 0. The lowest BCUT2D eigenvalue weighted by Crippen LogP contribution is -2.35. The Morgan fingerprint density at radius 1 is 1.29 bits per heavy atom. The number of rotatable bonds is 6. The summed E-state index contributed by atoms with van der Waals surface area (Å²) in [6.07, 6.45) is -0.806. The molecule has 6 nitrogen and oxygen atoms in total. The molecule has 0 fully saturated rings. The van der Waals surface area contributed by atoms with E-state index in [4.69, 9.17) is 4.74 Å². The zero-order valence-electron chi connectivity index (χ0n) is 13.3. The third-order valence-corrected chi connectivity index (χ3v) is 3.62. The molecule has 0 radical (unpaired) electrons. The van der Waals surface area contributed by atoms with Crippen LogP contribution in [0.15, 0.2) is 48.5 Å². The number of aliphatic hydroxyl groups is 1. The predicted octanol–water partition coefficient (Wildman–Crippen LogP) is 2.04. The number of carbonyl (C=O) groups is 1. The number of hydrogen-bond donors (Lipinski definition) is 3. The minimum Gasteiger partial charge on any atom is -0.491 e. The molecule has 6 heteroatoms. The van der Waals surface area contributed by atoms with Crippen LogP contribution < -0.4 is 10.1 Å². The van der Waals surface area contributed by atoms with Crippen molar-refractivity contribution < 1.29 is 14.6 Å². The van der Waals surface area contributed by atoms with Crippen molar-refractivity contribution in [2.45, 2.75) is 13.0 Å². The first-order chi connectivity index (χ1) is 11.6. The summed E-state index contributed by atoms with van der Waals surface area (Å²) in [5.41, 5.74) is 2.20. The number of aryl methyl sites for hydroxylation is 1. The molecule has 3 rings (SSSR count). The Balaban J connectivity index is 1.52. The van der Waals surface area contributed by atoms with Gasteiger partial charge in [-0.2, -0.15) is 5.10 Å². The van der Waals surface area contributed by atoms with Gasteiger partial charge in [0.05, 0.1) is 5.52 Å². The van der Waals surface area contributed by atoms with Gasteiger partial charge in [-0.3, -0.25) is 9.89 Å². The highest BCUT2D eigenvalue weighted by Crippen LogP contribution is 2.15. The standard InChI is InChI=1S/C18H19N3O3/c1-12-5-4-6-14(9-12)24-11-13(22)10-19-18(23)17-15-7-2-3-8-16(15)20-21-17/h2-9,13,22H,10-11H2,1H3,(H,19,23)(H,20,21)/t13-/m1/s1. The zero-order chi connectivity index (χ0) is 16.9. The van der Waals surface area contributed by atoms with Gasteiger partial charge >= 0.3 is 0 Å². The molecule has 1 amide bonds. The van der Waals surface area contributed by atoms with Gasteiger partial charge in [0, 0.05) is 11.9 Å². The largest absolute Gasteiger partial charge is 0.491 e. The first-order valence-corrected chi connectivity index (χ1v) is 7.72. The van der Waals surface area contributed by atoms with Crippen molar-refractivity contribution in [1.29, 1.82) is 0 Å². The molecule has 0 unspecified atom stereocenters. The van der Waals surface area contributed by atoms with Crippen molar-refractivity contribution in [3.63, 3.8) is 0 Å². The normalized spacial score (nSPS) is 12.1. The second-order valence-corrected chi connectivity index (χ2v) is 5.61. The summed E-state index contributed by atoms with van der Waals surface area (Å²) in [6.45, 7) is 2.16. The number of aromatic amines is 1. The van der Waals surface area contributed by atoms with E-state index in [-0.39, 0.29) is 19.1 Å². The van der Waals surface area contributed by atoms with E-state index in [1.807, 2.05) is 55.5 Å². The number of nitrogens with one attached hydrogen (secondary N) is 2. The number of benzene rings is 2. The van der Waals surface area contributed by atoms with Gasteiger partial charge in [-0.05, 0) is 30.7 Å². The molecule has 24 heavy (non-hydrogen) atoms. The van der Waals surface area contributed by atoms with Crippen molar-refractivity contribution in [3.8, 4) is 5.75 Å². The van der Waals surface area contributed by atoms with Gasteiger partial charge in [-0.25, -0.2) is 0 Å². The summed E-state index contributed by atoms with van der Waals surface area (Å²) in [7, 11) is 0. The Kier molecular flexibility index (Phi) is 4.77. The number of hydrogen-bond acceptors (Lipinski definition) is 4. The average molecular weight is 325 g/mol. The lowest BCUT2D eigenvalue weighted by atomic mass is 10.2. The molecule has 3 N–H and O–H groups in total. The van der Waals surface area contributed by atoms with Gasteiger partial charge in [0.1, 0.15) is 18.5 Å². The maximum Gasteiger partial charge on any atom is 0.272 e. The van der Waals surface area contributed by atoms with Crippen LogP contribution in [-0.4, -0.2) is 40.5 Å². The molecule has 3 aromatic rings. The van der Waals surface area contributed by atoms with E-state index in [0.717, 1.165) is 16.5 Å². The lowest BCUT2D eigenvalue weighted by molar-refractivity contribution is 0.0841. The van der Waals surface area contributed by atoms with Gasteiger partial charge in [-0.15, -0.1) is 0 Å². The third kappa shape index (κ3) is 3.72. The van der Waals surface area contributed by atoms with Crippen molar-refractivity contribution in [2.24, 2.45) is 0 Å². The van der Waals surface area contributed by atoms with E-state index in [0.29, 0.717) is 11.4 Å². The van der Waals surface area contributed by atoms with Gasteiger partial charge < -0.3 is 15.2 Å². The van der Waals surface area contributed by atoms with E-state index < -0.39 is 6.10 Å². The van der Waals surface area contributed by atoms with Crippen molar-refractivity contribution in [1.82, 2.24) is 15.5 Å². The predicted molar refractivity (Wildman–Crippen MR) is 91.1 cm³/mol. The average Bonchev–Trinajstić information content (AvgIpc) is 3.02. The number of amides is 1. The third-order valence-electron chi connectivity index (χ3n) is 3.62. The lowest BCUT2D eigenvalue weighted by Gasteiger charge is -2.13. The van der Waals surface area contributed by atoms with Gasteiger partial charge in [0.2, 0.25) is 0 Å². The van der Waals surface area contributed by atoms with E-state index in [1.54, 1.807) is 0 Å². The van der Waals surface area contributed by atoms with Crippen LogP contribution in [0.1, 0.15) is 16.1 Å². The second-order valence-electron chi connectivity index (χ2n) is 5.61. The minimum atomic E-state index is -0.806. The number of ether oxygens (including phenoxy) is 1. The molecule has 124 valence electrons. The molecule has 1 aromatic heterocycles. The number of carbonyl (C=O) groups excluding carboxylic acids is 1. The molecule has 0 aliphatic rings. The van der Waals surface area contributed by atoms with E-state index in [2.05, 4.69) is 15.5 Å². The van der Waals surface area contributed by atoms with Crippen molar-refractivity contribution in [3.05, 3.63) is 59.8 Å². The Hall–Kier alpha value is -2.86. The fourth-order valence-corrected chi connectivity index (χ4v) is 2.39. The molecule has 0 aliphatic heterocycles. The van der Waals surface area contributed by atoms with Crippen LogP contribution in [0, 0.1) is 6.92 Å². The van der Waals surface area contributed by atoms with Crippen LogP contribution in [0.4, 0.5) is 0 Å². The maximum absolute atomic E-state index is 12.2. The van der Waals surface area contributed by atoms with E-state index in [9.17, 15) is 9.90 Å². The Morgan fingerprint density at radius 2 is 2.12 bits per heavy atom. The molecule has 1 atom stereocenters. The molecule has 0 aliphatic carbocycles. The number of fused-ring (bicyclic) bond motifs is 1. The highest BCUT2D eigenvalue weighted by molar-refractivity contribution is 6.04. The quantitative estimate of drug-likeness (QED) is 0.647. The fourth-order valence-electron chi connectivity index (χ4n) is 2.39. The monoisotopic (exact) mass is 325 g/mol. The molecule has 2 aromatic carbocycles. The van der Waals surface area contributed by atoms with E-state index in [1.165, 1.54) is 0 Å². The number of H-pyrrole nitrogens is 1. The van der Waals surface area contributed by atoms with Crippen molar-refractivity contribution in [2.75, 3.05) is 13.2 Å². The molecule has 0 saturated carbocycles. The van der Waals surface area contributed by atoms with Crippen LogP contribution in [0.3, 0.4) is 0 Å². The number of para-hydroxylation sites is 1. The minimum absolute atomic E-state index is 0.0891. The first-order valence-electron chi connectivity index (χ1n) is 7.72. The van der Waals surface area contributed by atoms with Crippen LogP contribution in [0.2, 0.25) is 0 Å². The molecule has 0 saturated heterocycles. The summed E-state index contributed by atoms with van der Waals surface area (Å²) in [5.74, 6) is 0.362. The van der Waals surface area contributed by atoms with Gasteiger partial charge in [0.15, 0.2) is 5.69 Å². The summed E-state index contributed by atoms with van der Waals surface area (Å²) < 4.78 is 5.52. The number of nitrogens with zero attached hydrogens (tertiary/aromatic N) is 1. The van der Waals surface area contributed by atoms with Gasteiger partial charge in [0.25, 0.3) is 5.91 Å². The summed E-state index contributed by atoms with van der Waals surface area (Å²) in [6, 6.07) is 15.0. The van der Waals surface area contributed by atoms with Crippen molar-refractivity contribution >= 4 is 16.8 Å². The molecular formula is C18H19N3O3. The van der Waals surface area contributed by atoms with Crippen LogP contribution in [0.25, 0.3) is 10.9 Å². The van der Waals surface area contributed by atoms with E-state index >= 15 is 0 Å². The summed E-state index contributed by atoms with van der Waals surface area (Å²) in [5, 5.41) is 20.2. The fraction of sp³-hybridized carbons (Fsp3) is 0.222. The Bertz CT molecular complexity index is 844. The van der Waals surface area contributed by atoms with Crippen LogP contribution in [0.5, 0.6) is 5.75 Å². The van der Waals surface area contributed by atoms with Crippen LogP contribution in [-0.2, 0) is 0 Å². The Labute approximate surface area is 139 Å². The molecular weight excluding hydrogens is 306 g/mol. The smallest absolute Gasteiger partial charge is 0.272 e. The topological polar surface area (TPSA) is 87.2 Å². The highest BCUT2D eigenvalue weighted by Gasteiger charge is 2.15. The number of aromatic nitrogens is 2. The maximum atomic E-state index is 12.2. The SMILES string of the molecule is Cc1cccc(OC[C@H](O)CNC(=O)c2n[nH]c3ccccc23)c1. The molecule has 0 spiro atoms. The second kappa shape index (κ2) is 7.14. The first kappa shape index (κ1) is 16.0. The molecule has 0 bridgehead atoms. The zero-order valence-corrected chi connectivity index (χ0v) is 13.3. The molecule has 1 heterocycles.